The molecule has 0 N–H and O–H groups in total. The van der Waals surface area contributed by atoms with E-state index in [0.29, 0.717) is 13.1 Å². The van der Waals surface area contributed by atoms with Crippen molar-refractivity contribution < 1.29 is 17.9 Å². The first-order chi connectivity index (χ1) is 12.6. The van der Waals surface area contributed by atoms with Crippen LogP contribution in [0.5, 0.6) is 0 Å². The number of nitrogens with zero attached hydrogens (tertiary/aromatic N) is 3. The van der Waals surface area contributed by atoms with Gasteiger partial charge in [0.25, 0.3) is 10.0 Å². The predicted molar refractivity (Wildman–Crippen MR) is 96.3 cm³/mol. The molecule has 8 heteroatoms. The van der Waals surface area contributed by atoms with E-state index < -0.39 is 10.0 Å². The fourth-order valence-corrected chi connectivity index (χ4v) is 5.64. The zero-order chi connectivity index (χ0) is 18.0. The highest BCUT2D eigenvalue weighted by Crippen LogP contribution is 2.43. The van der Waals surface area contributed by atoms with Crippen LogP contribution in [0.3, 0.4) is 0 Å². The Morgan fingerprint density at radius 1 is 1.15 bits per heavy atom. The van der Waals surface area contributed by atoms with E-state index in [1.54, 1.807) is 22.5 Å². The van der Waals surface area contributed by atoms with Crippen LogP contribution in [0.4, 0.5) is 0 Å². The first-order valence-electron chi connectivity index (χ1n) is 9.40. The van der Waals surface area contributed by atoms with Crippen molar-refractivity contribution in [3.05, 3.63) is 24.4 Å². The van der Waals surface area contributed by atoms with Crippen LogP contribution in [-0.4, -0.2) is 81.3 Å². The maximum absolute atomic E-state index is 12.7. The summed E-state index contributed by atoms with van der Waals surface area (Å²) in [6.45, 7) is 6.36. The van der Waals surface area contributed by atoms with Crippen molar-refractivity contribution in [1.29, 1.82) is 0 Å². The average molecular weight is 381 g/mol. The summed E-state index contributed by atoms with van der Waals surface area (Å²) >= 11 is 0. The molecule has 0 aromatic carbocycles. The number of hydrogen-bond acceptors (Lipinski definition) is 6. The molecule has 3 aliphatic rings. The quantitative estimate of drug-likeness (QED) is 0.774. The minimum atomic E-state index is -3.49. The van der Waals surface area contributed by atoms with Crippen LogP contribution in [0.25, 0.3) is 0 Å². The van der Waals surface area contributed by atoms with Gasteiger partial charge in [-0.1, -0.05) is 6.07 Å². The Labute approximate surface area is 155 Å². The highest BCUT2D eigenvalue weighted by Gasteiger charge is 2.44. The van der Waals surface area contributed by atoms with Gasteiger partial charge in [-0.3, -0.25) is 4.90 Å². The van der Waals surface area contributed by atoms with Gasteiger partial charge in [0.15, 0.2) is 5.03 Å². The lowest BCUT2D eigenvalue weighted by molar-refractivity contribution is 0.00567. The summed E-state index contributed by atoms with van der Waals surface area (Å²) in [5.41, 5.74) is 0.132. The number of piperidine rings is 1. The molecular formula is C18H27N3O4S. The van der Waals surface area contributed by atoms with Crippen molar-refractivity contribution in [3.8, 4) is 0 Å². The molecule has 0 bridgehead atoms. The molecule has 0 saturated carbocycles. The smallest absolute Gasteiger partial charge is 0.260 e. The molecule has 0 radical (unpaired) electrons. The number of rotatable bonds is 4. The molecule has 0 aliphatic carbocycles. The number of ether oxygens (including phenoxy) is 2. The number of sulfonamides is 1. The third kappa shape index (κ3) is 3.80. The highest BCUT2D eigenvalue weighted by atomic mass is 32.2. The molecule has 3 saturated heterocycles. The number of pyridine rings is 1. The van der Waals surface area contributed by atoms with Gasteiger partial charge >= 0.3 is 0 Å². The van der Waals surface area contributed by atoms with Crippen LogP contribution in [0.1, 0.15) is 19.3 Å². The maximum Gasteiger partial charge on any atom is 0.260 e. The average Bonchev–Trinajstić information content (AvgIpc) is 3.05. The number of hydrogen-bond donors (Lipinski definition) is 0. The Hall–Kier alpha value is -1.06. The van der Waals surface area contributed by atoms with Gasteiger partial charge in [0.2, 0.25) is 0 Å². The third-order valence-corrected chi connectivity index (χ3v) is 7.69. The second-order valence-corrected chi connectivity index (χ2v) is 9.51. The predicted octanol–water partition coefficient (Wildman–Crippen LogP) is 0.974. The van der Waals surface area contributed by atoms with Crippen LogP contribution >= 0.6 is 0 Å². The van der Waals surface area contributed by atoms with Crippen molar-refractivity contribution >= 4 is 10.0 Å². The van der Waals surface area contributed by atoms with Gasteiger partial charge in [0.05, 0.1) is 25.9 Å². The summed E-state index contributed by atoms with van der Waals surface area (Å²) in [6, 6.07) is 5.01. The van der Waals surface area contributed by atoms with E-state index in [2.05, 4.69) is 9.88 Å². The molecule has 26 heavy (non-hydrogen) atoms. The van der Waals surface area contributed by atoms with Gasteiger partial charge in [-0.15, -0.1) is 0 Å². The monoisotopic (exact) mass is 381 g/mol. The molecule has 1 aromatic heterocycles. The second kappa shape index (κ2) is 7.52. The molecule has 1 spiro atoms. The minimum Gasteiger partial charge on any atom is -0.379 e. The first-order valence-corrected chi connectivity index (χ1v) is 10.8. The van der Waals surface area contributed by atoms with E-state index in [1.165, 1.54) is 6.20 Å². The second-order valence-electron chi connectivity index (χ2n) is 7.62. The minimum absolute atomic E-state index is 0.132. The molecular weight excluding hydrogens is 354 g/mol. The molecule has 4 rings (SSSR count). The normalized spacial score (nSPS) is 27.8. The zero-order valence-electron chi connectivity index (χ0n) is 15.0. The standard InChI is InChI=1S/C18H27N3O4S/c22-26(23,17-3-1-2-6-19-17)21-7-4-18(5-8-21)13-16(25-15-18)14-20-9-11-24-12-10-20/h1-3,6,16H,4-5,7-15H2/t16-/m1/s1. The number of morpholine rings is 1. The summed E-state index contributed by atoms with van der Waals surface area (Å²) in [4.78, 5) is 6.43. The Kier molecular flexibility index (Phi) is 5.29. The zero-order valence-corrected chi connectivity index (χ0v) is 15.9. The van der Waals surface area contributed by atoms with Gasteiger partial charge < -0.3 is 9.47 Å². The SMILES string of the molecule is O=S(=O)(c1ccccn1)N1CCC2(CC1)CO[C@@H](CN1CCOCC1)C2. The molecule has 1 atom stereocenters. The van der Waals surface area contributed by atoms with E-state index in [4.69, 9.17) is 9.47 Å². The Bertz CT molecular complexity index is 698. The lowest BCUT2D eigenvalue weighted by Gasteiger charge is -2.37. The fraction of sp³-hybridized carbons (Fsp3) is 0.722. The topological polar surface area (TPSA) is 72.0 Å². The third-order valence-electron chi connectivity index (χ3n) is 5.88. The van der Waals surface area contributed by atoms with E-state index in [9.17, 15) is 8.42 Å². The van der Waals surface area contributed by atoms with E-state index in [0.717, 1.165) is 58.7 Å². The molecule has 4 heterocycles. The van der Waals surface area contributed by atoms with Gasteiger partial charge in [-0.2, -0.15) is 4.31 Å². The number of aromatic nitrogens is 1. The summed E-state index contributed by atoms with van der Waals surface area (Å²) in [6.07, 6.45) is 4.53. The van der Waals surface area contributed by atoms with Crippen molar-refractivity contribution in [1.82, 2.24) is 14.2 Å². The van der Waals surface area contributed by atoms with Crippen LogP contribution in [0, 0.1) is 5.41 Å². The molecule has 0 unspecified atom stereocenters. The highest BCUT2D eigenvalue weighted by molar-refractivity contribution is 7.89. The fourth-order valence-electron chi connectivity index (χ4n) is 4.27. The van der Waals surface area contributed by atoms with Crippen LogP contribution < -0.4 is 0 Å². The summed E-state index contributed by atoms with van der Waals surface area (Å²) in [7, 11) is -3.49. The molecule has 3 aliphatic heterocycles. The first kappa shape index (κ1) is 18.3. The lowest BCUT2D eigenvalue weighted by atomic mass is 9.77. The van der Waals surface area contributed by atoms with Crippen LogP contribution in [0.15, 0.2) is 29.4 Å². The summed E-state index contributed by atoms with van der Waals surface area (Å²) in [5, 5.41) is 0.142. The van der Waals surface area contributed by atoms with Crippen molar-refractivity contribution in [2.75, 3.05) is 52.5 Å². The van der Waals surface area contributed by atoms with Gasteiger partial charge in [-0.05, 0) is 36.8 Å². The van der Waals surface area contributed by atoms with Crippen LogP contribution in [-0.2, 0) is 19.5 Å². The van der Waals surface area contributed by atoms with Crippen molar-refractivity contribution in [2.24, 2.45) is 5.41 Å². The summed E-state index contributed by atoms with van der Waals surface area (Å²) in [5.74, 6) is 0. The van der Waals surface area contributed by atoms with E-state index >= 15 is 0 Å². The molecule has 0 amide bonds. The van der Waals surface area contributed by atoms with Crippen molar-refractivity contribution in [3.63, 3.8) is 0 Å². The largest absolute Gasteiger partial charge is 0.379 e. The molecule has 7 nitrogen and oxygen atoms in total. The lowest BCUT2D eigenvalue weighted by Crippen LogP contribution is -2.44. The maximum atomic E-state index is 12.7. The molecule has 144 valence electrons. The van der Waals surface area contributed by atoms with Crippen molar-refractivity contribution in [2.45, 2.75) is 30.4 Å². The summed E-state index contributed by atoms with van der Waals surface area (Å²) < 4.78 is 38.5. The molecule has 1 aromatic rings. The Morgan fingerprint density at radius 3 is 2.62 bits per heavy atom. The van der Waals surface area contributed by atoms with Gasteiger partial charge in [0.1, 0.15) is 0 Å². The Morgan fingerprint density at radius 2 is 1.92 bits per heavy atom. The van der Waals surface area contributed by atoms with Gasteiger partial charge in [-0.25, -0.2) is 13.4 Å². The van der Waals surface area contributed by atoms with Gasteiger partial charge in [0, 0.05) is 38.9 Å². The van der Waals surface area contributed by atoms with Crippen LogP contribution in [0.2, 0.25) is 0 Å². The molecule has 3 fully saturated rings. The Balaban J connectivity index is 1.33. The van der Waals surface area contributed by atoms with E-state index in [1.807, 2.05) is 0 Å². The van der Waals surface area contributed by atoms with E-state index in [-0.39, 0.29) is 16.5 Å².